The molecule has 4 heteroatoms. The van der Waals surface area contributed by atoms with E-state index in [2.05, 4.69) is 0 Å². The third kappa shape index (κ3) is 3.43. The molecule has 1 aliphatic rings. The predicted octanol–water partition coefficient (Wildman–Crippen LogP) is -0.325. The summed E-state index contributed by atoms with van der Waals surface area (Å²) in [5, 5.41) is 36.3. The van der Waals surface area contributed by atoms with Crippen molar-refractivity contribution in [2.45, 2.75) is 0 Å². The summed E-state index contributed by atoms with van der Waals surface area (Å²) in [6.45, 7) is -0.654. The number of hydrogen-bond acceptors (Lipinski definition) is 4. The van der Waals surface area contributed by atoms with Crippen molar-refractivity contribution in [2.24, 2.45) is 0 Å². The van der Waals surface area contributed by atoms with Gasteiger partial charge in [0.15, 0.2) is 0 Å². The molecular formula is C12H16O4. The maximum absolute atomic E-state index is 9.08. The van der Waals surface area contributed by atoms with Crippen molar-refractivity contribution < 1.29 is 20.4 Å². The molecule has 0 saturated carbocycles. The molecule has 0 aliphatic heterocycles. The zero-order chi connectivity index (χ0) is 12.0. The van der Waals surface area contributed by atoms with E-state index in [0.29, 0.717) is 22.3 Å². The SMILES string of the molecule is OCC1=CC(CO)=CC(CO)=CC(CO)=C1. The second-order valence-corrected chi connectivity index (χ2v) is 3.51. The molecule has 88 valence electrons. The molecule has 4 N–H and O–H groups in total. The van der Waals surface area contributed by atoms with Gasteiger partial charge < -0.3 is 20.4 Å². The first-order valence-electron chi connectivity index (χ1n) is 4.99. The lowest BCUT2D eigenvalue weighted by Gasteiger charge is -2.09. The van der Waals surface area contributed by atoms with Crippen molar-refractivity contribution in [1.82, 2.24) is 0 Å². The van der Waals surface area contributed by atoms with E-state index in [9.17, 15) is 0 Å². The molecule has 0 fully saturated rings. The van der Waals surface area contributed by atoms with Crippen LogP contribution < -0.4 is 0 Å². The van der Waals surface area contributed by atoms with E-state index in [1.807, 2.05) is 0 Å². The Morgan fingerprint density at radius 3 is 0.812 bits per heavy atom. The van der Waals surface area contributed by atoms with Gasteiger partial charge in [-0.3, -0.25) is 0 Å². The summed E-state index contributed by atoms with van der Waals surface area (Å²) in [7, 11) is 0. The highest BCUT2D eigenvalue weighted by Gasteiger charge is 2.04. The summed E-state index contributed by atoms with van der Waals surface area (Å²) in [5.41, 5.74) is 2.44. The summed E-state index contributed by atoms with van der Waals surface area (Å²) < 4.78 is 0. The molecule has 1 rings (SSSR count). The van der Waals surface area contributed by atoms with Gasteiger partial charge in [-0.1, -0.05) is 24.3 Å². The van der Waals surface area contributed by atoms with Crippen molar-refractivity contribution in [3.8, 4) is 0 Å². The molecule has 0 bridgehead atoms. The molecule has 0 unspecified atom stereocenters. The Hall–Kier alpha value is -1.20. The minimum atomic E-state index is -0.164. The fraction of sp³-hybridized carbons (Fsp3) is 0.333. The van der Waals surface area contributed by atoms with E-state index in [4.69, 9.17) is 20.4 Å². The van der Waals surface area contributed by atoms with E-state index >= 15 is 0 Å². The monoisotopic (exact) mass is 224 g/mol. The Morgan fingerprint density at radius 2 is 0.688 bits per heavy atom. The minimum absolute atomic E-state index is 0.164. The molecule has 0 saturated heterocycles. The predicted molar refractivity (Wildman–Crippen MR) is 60.7 cm³/mol. The average molecular weight is 224 g/mol. The van der Waals surface area contributed by atoms with Crippen LogP contribution in [-0.4, -0.2) is 46.9 Å². The van der Waals surface area contributed by atoms with Gasteiger partial charge >= 0.3 is 0 Å². The summed E-state index contributed by atoms with van der Waals surface area (Å²) in [4.78, 5) is 0. The molecular weight excluding hydrogens is 208 g/mol. The Balaban J connectivity index is 3.13. The Bertz CT molecular complexity index is 278. The van der Waals surface area contributed by atoms with Gasteiger partial charge in [0, 0.05) is 0 Å². The molecule has 0 amide bonds. The lowest BCUT2D eigenvalue weighted by atomic mass is 10.0. The van der Waals surface area contributed by atoms with Gasteiger partial charge in [-0.15, -0.1) is 0 Å². The molecule has 0 heterocycles. The smallest absolute Gasteiger partial charge is 0.0682 e. The van der Waals surface area contributed by atoms with Crippen LogP contribution in [0.2, 0.25) is 0 Å². The standard InChI is InChI=1S/C12H16O4/c13-5-9-1-10(6-14)3-12(8-16)4-11(2-9)7-15/h1-4,13-16H,5-8H2. The number of hydrogen-bond donors (Lipinski definition) is 4. The number of aliphatic hydroxyl groups excluding tert-OH is 4. The topological polar surface area (TPSA) is 80.9 Å². The maximum atomic E-state index is 9.08. The van der Waals surface area contributed by atoms with E-state index in [-0.39, 0.29) is 26.4 Å². The van der Waals surface area contributed by atoms with Crippen LogP contribution in [0.5, 0.6) is 0 Å². The van der Waals surface area contributed by atoms with Gasteiger partial charge in [-0.2, -0.15) is 0 Å². The average Bonchev–Trinajstić information content (AvgIpc) is 2.29. The fourth-order valence-corrected chi connectivity index (χ4v) is 1.48. The molecule has 0 radical (unpaired) electrons. The third-order valence-corrected chi connectivity index (χ3v) is 2.21. The summed E-state index contributed by atoms with van der Waals surface area (Å²) in [6.07, 6.45) is 6.55. The van der Waals surface area contributed by atoms with Crippen LogP contribution >= 0.6 is 0 Å². The van der Waals surface area contributed by atoms with Gasteiger partial charge in [0.25, 0.3) is 0 Å². The lowest BCUT2D eigenvalue weighted by Crippen LogP contribution is -2.01. The van der Waals surface area contributed by atoms with Gasteiger partial charge in [0.1, 0.15) is 0 Å². The molecule has 0 atom stereocenters. The van der Waals surface area contributed by atoms with Crippen LogP contribution in [0.15, 0.2) is 46.6 Å². The van der Waals surface area contributed by atoms with Gasteiger partial charge in [0.2, 0.25) is 0 Å². The highest BCUT2D eigenvalue weighted by atomic mass is 16.3. The summed E-state index contributed by atoms with van der Waals surface area (Å²) in [6, 6.07) is 0. The Labute approximate surface area is 94.2 Å². The van der Waals surface area contributed by atoms with Crippen molar-refractivity contribution >= 4 is 0 Å². The quantitative estimate of drug-likeness (QED) is 0.527. The minimum Gasteiger partial charge on any atom is -0.392 e. The molecule has 0 aromatic heterocycles. The van der Waals surface area contributed by atoms with E-state index in [0.717, 1.165) is 0 Å². The largest absolute Gasteiger partial charge is 0.392 e. The first-order valence-corrected chi connectivity index (χ1v) is 4.99. The van der Waals surface area contributed by atoms with Crippen molar-refractivity contribution in [3.63, 3.8) is 0 Å². The highest BCUT2D eigenvalue weighted by molar-refractivity contribution is 5.44. The molecule has 4 nitrogen and oxygen atoms in total. The second kappa shape index (κ2) is 6.40. The zero-order valence-corrected chi connectivity index (χ0v) is 8.93. The van der Waals surface area contributed by atoms with Crippen LogP contribution in [-0.2, 0) is 0 Å². The van der Waals surface area contributed by atoms with Crippen LogP contribution in [0.1, 0.15) is 0 Å². The Kier molecular flexibility index (Phi) is 5.14. The van der Waals surface area contributed by atoms with Crippen molar-refractivity contribution in [1.29, 1.82) is 0 Å². The summed E-state index contributed by atoms with van der Waals surface area (Å²) >= 11 is 0. The lowest BCUT2D eigenvalue weighted by molar-refractivity contribution is 0.323. The first-order chi connectivity index (χ1) is 7.73. The normalized spacial score (nSPS) is 16.8. The van der Waals surface area contributed by atoms with Crippen LogP contribution in [0.4, 0.5) is 0 Å². The molecule has 16 heavy (non-hydrogen) atoms. The van der Waals surface area contributed by atoms with E-state index in [1.165, 1.54) is 0 Å². The van der Waals surface area contributed by atoms with Crippen molar-refractivity contribution in [3.05, 3.63) is 46.6 Å². The van der Waals surface area contributed by atoms with Crippen LogP contribution in [0, 0.1) is 0 Å². The maximum Gasteiger partial charge on any atom is 0.0682 e. The van der Waals surface area contributed by atoms with Gasteiger partial charge in [-0.25, -0.2) is 0 Å². The summed E-state index contributed by atoms with van der Waals surface area (Å²) in [5.74, 6) is 0. The fourth-order valence-electron chi connectivity index (χ4n) is 1.48. The van der Waals surface area contributed by atoms with Gasteiger partial charge in [0.05, 0.1) is 26.4 Å². The molecule has 0 spiro atoms. The van der Waals surface area contributed by atoms with Crippen LogP contribution in [0.25, 0.3) is 0 Å². The zero-order valence-electron chi connectivity index (χ0n) is 8.93. The van der Waals surface area contributed by atoms with E-state index in [1.54, 1.807) is 24.3 Å². The van der Waals surface area contributed by atoms with Crippen LogP contribution in [0.3, 0.4) is 0 Å². The molecule has 0 aromatic rings. The second-order valence-electron chi connectivity index (χ2n) is 3.51. The first kappa shape index (κ1) is 12.9. The number of aliphatic hydroxyl groups is 4. The van der Waals surface area contributed by atoms with E-state index < -0.39 is 0 Å². The molecule has 1 aliphatic carbocycles. The number of rotatable bonds is 4. The highest BCUT2D eigenvalue weighted by Crippen LogP contribution is 2.15. The van der Waals surface area contributed by atoms with Gasteiger partial charge in [-0.05, 0) is 22.3 Å². The Morgan fingerprint density at radius 1 is 0.500 bits per heavy atom. The van der Waals surface area contributed by atoms with Crippen molar-refractivity contribution in [2.75, 3.05) is 26.4 Å². The third-order valence-electron chi connectivity index (χ3n) is 2.21. The molecule has 0 aromatic carbocycles.